The molecule has 1 aliphatic rings. The Morgan fingerprint density at radius 2 is 2.41 bits per heavy atom. The van der Waals surface area contributed by atoms with Crippen molar-refractivity contribution in [1.29, 1.82) is 0 Å². The molecule has 0 spiro atoms. The van der Waals surface area contributed by atoms with Gasteiger partial charge in [-0.3, -0.25) is 9.78 Å². The van der Waals surface area contributed by atoms with E-state index in [0.717, 1.165) is 30.9 Å². The van der Waals surface area contributed by atoms with Crippen LogP contribution in [0.2, 0.25) is 0 Å². The summed E-state index contributed by atoms with van der Waals surface area (Å²) < 4.78 is 5.69. The van der Waals surface area contributed by atoms with Crippen molar-refractivity contribution in [2.75, 3.05) is 13.1 Å². The van der Waals surface area contributed by atoms with Crippen LogP contribution in [0.4, 0.5) is 0 Å². The molecule has 1 saturated heterocycles. The van der Waals surface area contributed by atoms with Gasteiger partial charge in [-0.15, -0.1) is 11.3 Å². The minimum Gasteiger partial charge on any atom is -0.479 e. The van der Waals surface area contributed by atoms with Gasteiger partial charge in [0.2, 0.25) is 0 Å². The van der Waals surface area contributed by atoms with Crippen molar-refractivity contribution < 1.29 is 9.53 Å². The number of ether oxygens (including phenoxy) is 1. The second kappa shape index (κ2) is 6.87. The predicted octanol–water partition coefficient (Wildman–Crippen LogP) is 2.71. The molecular formula is C16H19N3O2S. The highest BCUT2D eigenvalue weighted by Crippen LogP contribution is 2.28. The van der Waals surface area contributed by atoms with E-state index in [2.05, 4.69) is 9.97 Å². The van der Waals surface area contributed by atoms with Crippen LogP contribution in [-0.2, 0) is 4.79 Å². The Kier molecular flexibility index (Phi) is 4.68. The molecule has 3 rings (SSSR count). The van der Waals surface area contributed by atoms with Crippen LogP contribution in [0.25, 0.3) is 0 Å². The summed E-state index contributed by atoms with van der Waals surface area (Å²) in [6.07, 6.45) is 6.74. The van der Waals surface area contributed by atoms with E-state index in [4.69, 9.17) is 4.74 Å². The average molecular weight is 317 g/mol. The summed E-state index contributed by atoms with van der Waals surface area (Å²) in [6, 6.07) is 3.61. The minimum absolute atomic E-state index is 0.0325. The molecule has 0 N–H and O–H groups in total. The molecule has 6 heteroatoms. The van der Waals surface area contributed by atoms with Crippen LogP contribution in [0.5, 0.6) is 5.75 Å². The number of nitrogens with zero attached hydrogens (tertiary/aromatic N) is 3. The van der Waals surface area contributed by atoms with Crippen molar-refractivity contribution in [2.45, 2.75) is 31.8 Å². The van der Waals surface area contributed by atoms with Gasteiger partial charge in [-0.05, 0) is 31.9 Å². The number of piperidine rings is 1. The smallest absolute Gasteiger partial charge is 0.263 e. The largest absolute Gasteiger partial charge is 0.479 e. The highest BCUT2D eigenvalue weighted by atomic mass is 32.1. The zero-order chi connectivity index (χ0) is 15.4. The molecule has 0 bridgehead atoms. The Hall–Kier alpha value is -1.95. The molecule has 0 saturated carbocycles. The van der Waals surface area contributed by atoms with E-state index in [0.29, 0.717) is 11.7 Å². The van der Waals surface area contributed by atoms with Crippen molar-refractivity contribution in [3.63, 3.8) is 0 Å². The average Bonchev–Trinajstić information content (AvgIpc) is 3.10. The molecule has 1 fully saturated rings. The lowest BCUT2D eigenvalue weighted by atomic mass is 9.98. The number of aromatic nitrogens is 2. The molecule has 1 aliphatic heterocycles. The minimum atomic E-state index is -0.501. The molecule has 5 nitrogen and oxygen atoms in total. The number of amides is 1. The summed E-state index contributed by atoms with van der Waals surface area (Å²) >= 11 is 1.67. The summed E-state index contributed by atoms with van der Waals surface area (Å²) in [6.45, 7) is 3.32. The van der Waals surface area contributed by atoms with Crippen molar-refractivity contribution in [2.24, 2.45) is 0 Å². The fourth-order valence-electron chi connectivity index (χ4n) is 2.74. The number of carbonyl (C=O) groups excluding carboxylic acids is 1. The van der Waals surface area contributed by atoms with Crippen LogP contribution in [0.15, 0.2) is 36.1 Å². The molecule has 1 amide bonds. The van der Waals surface area contributed by atoms with E-state index >= 15 is 0 Å². The number of likely N-dealkylation sites (tertiary alicyclic amines) is 1. The summed E-state index contributed by atoms with van der Waals surface area (Å²) in [5, 5.41) is 3.11. The first-order chi connectivity index (χ1) is 10.7. The highest BCUT2D eigenvalue weighted by Gasteiger charge is 2.29. The summed E-state index contributed by atoms with van der Waals surface area (Å²) in [5.74, 6) is 1.00. The maximum Gasteiger partial charge on any atom is 0.263 e. The molecule has 0 aliphatic carbocycles. The zero-order valence-electron chi connectivity index (χ0n) is 12.5. The quantitative estimate of drug-likeness (QED) is 0.870. The third kappa shape index (κ3) is 3.44. The molecule has 0 aromatic carbocycles. The number of pyridine rings is 1. The fourth-order valence-corrected chi connectivity index (χ4v) is 3.51. The SMILES string of the molecule is C[C@H](Oc1cccnc1)C(=O)N1CCC[C@@H](c2nccs2)C1. The molecule has 3 heterocycles. The maximum absolute atomic E-state index is 12.6. The maximum atomic E-state index is 12.6. The second-order valence-electron chi connectivity index (χ2n) is 5.44. The van der Waals surface area contributed by atoms with Crippen molar-refractivity contribution in [1.82, 2.24) is 14.9 Å². The standard InChI is InChI=1S/C16H19N3O2S/c1-12(21-14-5-2-6-17-10-14)16(20)19-8-3-4-13(11-19)15-18-7-9-22-15/h2,5-7,9-10,12-13H,3-4,8,11H2,1H3/t12-,13+/m0/s1. The van der Waals surface area contributed by atoms with Gasteiger partial charge in [0.15, 0.2) is 6.10 Å². The molecule has 116 valence electrons. The molecule has 2 aromatic rings. The van der Waals surface area contributed by atoms with E-state index < -0.39 is 6.10 Å². The van der Waals surface area contributed by atoms with E-state index in [9.17, 15) is 4.79 Å². The van der Waals surface area contributed by atoms with E-state index in [1.807, 2.05) is 22.5 Å². The third-order valence-electron chi connectivity index (χ3n) is 3.83. The van der Waals surface area contributed by atoms with Crippen LogP contribution in [0, 0.1) is 0 Å². The molecule has 0 unspecified atom stereocenters. The monoisotopic (exact) mass is 317 g/mol. The first-order valence-electron chi connectivity index (χ1n) is 7.49. The van der Waals surface area contributed by atoms with E-state index in [1.165, 1.54) is 0 Å². The van der Waals surface area contributed by atoms with Crippen LogP contribution in [-0.4, -0.2) is 40.0 Å². The topological polar surface area (TPSA) is 55.3 Å². The lowest BCUT2D eigenvalue weighted by Crippen LogP contribution is -2.45. The number of carbonyl (C=O) groups is 1. The Morgan fingerprint density at radius 3 is 3.14 bits per heavy atom. The summed E-state index contributed by atoms with van der Waals surface area (Å²) in [4.78, 5) is 22.9. The molecule has 22 heavy (non-hydrogen) atoms. The van der Waals surface area contributed by atoms with Gasteiger partial charge in [0.05, 0.1) is 11.2 Å². The van der Waals surface area contributed by atoms with E-state index in [-0.39, 0.29) is 5.91 Å². The van der Waals surface area contributed by atoms with Gasteiger partial charge in [-0.25, -0.2) is 4.98 Å². The normalized spacial score (nSPS) is 19.7. The Labute approximate surface area is 134 Å². The first-order valence-corrected chi connectivity index (χ1v) is 8.37. The highest BCUT2D eigenvalue weighted by molar-refractivity contribution is 7.09. The van der Waals surface area contributed by atoms with Gasteiger partial charge in [0, 0.05) is 36.8 Å². The lowest BCUT2D eigenvalue weighted by Gasteiger charge is -2.33. The fraction of sp³-hybridized carbons (Fsp3) is 0.438. The van der Waals surface area contributed by atoms with Crippen LogP contribution < -0.4 is 4.74 Å². The number of hydrogen-bond acceptors (Lipinski definition) is 5. The van der Waals surface area contributed by atoms with Crippen molar-refractivity contribution in [3.8, 4) is 5.75 Å². The molecule has 2 atom stereocenters. The number of thiazole rings is 1. The molecule has 2 aromatic heterocycles. The first kappa shape index (κ1) is 15.0. The van der Waals surface area contributed by atoms with Gasteiger partial charge in [-0.2, -0.15) is 0 Å². The predicted molar refractivity (Wildman–Crippen MR) is 85.0 cm³/mol. The molecule has 0 radical (unpaired) electrons. The van der Waals surface area contributed by atoms with Gasteiger partial charge < -0.3 is 9.64 Å². The number of rotatable bonds is 4. The summed E-state index contributed by atoms with van der Waals surface area (Å²) in [7, 11) is 0. The van der Waals surface area contributed by atoms with Gasteiger partial charge in [0.25, 0.3) is 5.91 Å². The number of hydrogen-bond donors (Lipinski definition) is 0. The zero-order valence-corrected chi connectivity index (χ0v) is 13.3. The second-order valence-corrected chi connectivity index (χ2v) is 6.37. The van der Waals surface area contributed by atoms with Gasteiger partial charge in [-0.1, -0.05) is 0 Å². The Bertz CT molecular complexity index is 603. The van der Waals surface area contributed by atoms with Crippen LogP contribution in [0.3, 0.4) is 0 Å². The Morgan fingerprint density at radius 1 is 1.50 bits per heavy atom. The van der Waals surface area contributed by atoms with Gasteiger partial charge >= 0.3 is 0 Å². The summed E-state index contributed by atoms with van der Waals surface area (Å²) in [5.41, 5.74) is 0. The Balaban J connectivity index is 1.61. The van der Waals surface area contributed by atoms with Crippen molar-refractivity contribution >= 4 is 17.2 Å². The van der Waals surface area contributed by atoms with E-state index in [1.54, 1.807) is 36.7 Å². The van der Waals surface area contributed by atoms with Crippen molar-refractivity contribution in [3.05, 3.63) is 41.1 Å². The van der Waals surface area contributed by atoms with Crippen LogP contribution in [0.1, 0.15) is 30.7 Å². The lowest BCUT2D eigenvalue weighted by molar-refractivity contribution is -0.139. The van der Waals surface area contributed by atoms with Gasteiger partial charge in [0.1, 0.15) is 5.75 Å². The van der Waals surface area contributed by atoms with Crippen LogP contribution >= 0.6 is 11.3 Å². The molecular weight excluding hydrogens is 298 g/mol. The third-order valence-corrected chi connectivity index (χ3v) is 4.77.